The summed E-state index contributed by atoms with van der Waals surface area (Å²) < 4.78 is 11.6. The summed E-state index contributed by atoms with van der Waals surface area (Å²) in [6.45, 7) is 5.14. The van der Waals surface area contributed by atoms with Gasteiger partial charge in [0.15, 0.2) is 5.72 Å². The van der Waals surface area contributed by atoms with Crippen molar-refractivity contribution in [3.05, 3.63) is 65.2 Å². The van der Waals surface area contributed by atoms with Gasteiger partial charge in [-0.3, -0.25) is 4.79 Å². The van der Waals surface area contributed by atoms with Crippen LogP contribution in [-0.4, -0.2) is 36.2 Å². The summed E-state index contributed by atoms with van der Waals surface area (Å²) in [7, 11) is 1.64. The summed E-state index contributed by atoms with van der Waals surface area (Å²) in [5, 5.41) is 9.28. The number of fused-ring (bicyclic) bond motifs is 1. The highest BCUT2D eigenvalue weighted by Gasteiger charge is 2.47. The summed E-state index contributed by atoms with van der Waals surface area (Å²) in [4.78, 5) is 15.0. The quantitative estimate of drug-likeness (QED) is 0.712. The molecule has 2 aromatic carbocycles. The Morgan fingerprint density at radius 1 is 1.14 bits per heavy atom. The lowest BCUT2D eigenvalue weighted by Crippen LogP contribution is -2.44. The third-order valence-electron chi connectivity index (χ3n) is 5.63. The van der Waals surface area contributed by atoms with E-state index in [2.05, 4.69) is 6.92 Å². The molecule has 0 aromatic heterocycles. The Bertz CT molecular complexity index is 805. The SMILES string of the molecule is CCC(CCO)COC1(C)c2ccccc2C(=O)N1Cc1ccc(OC)cc1. The molecule has 0 fully saturated rings. The zero-order chi connectivity index (χ0) is 20.1. The Morgan fingerprint density at radius 2 is 1.86 bits per heavy atom. The smallest absolute Gasteiger partial charge is 0.257 e. The molecule has 5 nitrogen and oxygen atoms in total. The Morgan fingerprint density at radius 3 is 2.50 bits per heavy atom. The lowest BCUT2D eigenvalue weighted by Gasteiger charge is -2.37. The molecule has 28 heavy (non-hydrogen) atoms. The topological polar surface area (TPSA) is 59.0 Å². The van der Waals surface area contributed by atoms with Crippen molar-refractivity contribution in [1.82, 2.24) is 4.90 Å². The van der Waals surface area contributed by atoms with Crippen LogP contribution in [0.1, 0.15) is 48.2 Å². The predicted octanol–water partition coefficient (Wildman–Crippen LogP) is 3.95. The predicted molar refractivity (Wildman–Crippen MR) is 108 cm³/mol. The summed E-state index contributed by atoms with van der Waals surface area (Å²) in [6, 6.07) is 15.4. The van der Waals surface area contributed by atoms with Gasteiger partial charge in [0.1, 0.15) is 5.75 Å². The number of rotatable bonds is 9. The molecule has 0 saturated heterocycles. The first-order valence-electron chi connectivity index (χ1n) is 9.82. The van der Waals surface area contributed by atoms with E-state index in [9.17, 15) is 9.90 Å². The first-order valence-corrected chi connectivity index (χ1v) is 9.82. The second-order valence-electron chi connectivity index (χ2n) is 7.37. The highest BCUT2D eigenvalue weighted by Crippen LogP contribution is 2.41. The van der Waals surface area contributed by atoms with Gasteiger partial charge in [-0.2, -0.15) is 0 Å². The molecule has 1 heterocycles. The molecule has 1 amide bonds. The van der Waals surface area contributed by atoms with Gasteiger partial charge in [0.05, 0.1) is 13.7 Å². The fourth-order valence-corrected chi connectivity index (χ4v) is 3.72. The van der Waals surface area contributed by atoms with E-state index in [1.165, 1.54) is 0 Å². The Balaban J connectivity index is 1.88. The van der Waals surface area contributed by atoms with Gasteiger partial charge in [0.25, 0.3) is 5.91 Å². The highest BCUT2D eigenvalue weighted by molar-refractivity contribution is 5.99. The van der Waals surface area contributed by atoms with Gasteiger partial charge in [0.2, 0.25) is 0 Å². The Kier molecular flexibility index (Phi) is 6.37. The van der Waals surface area contributed by atoms with Crippen molar-refractivity contribution in [2.45, 2.75) is 39.0 Å². The minimum Gasteiger partial charge on any atom is -0.497 e. The van der Waals surface area contributed by atoms with Crippen molar-refractivity contribution < 1.29 is 19.4 Å². The van der Waals surface area contributed by atoms with Gasteiger partial charge in [0, 0.05) is 24.3 Å². The number of benzene rings is 2. The van der Waals surface area contributed by atoms with Gasteiger partial charge in [-0.25, -0.2) is 0 Å². The van der Waals surface area contributed by atoms with Crippen LogP contribution < -0.4 is 4.74 Å². The van der Waals surface area contributed by atoms with E-state index in [0.29, 0.717) is 25.1 Å². The Hall–Kier alpha value is -2.37. The molecule has 2 unspecified atom stereocenters. The lowest BCUT2D eigenvalue weighted by atomic mass is 10.0. The number of hydrogen-bond donors (Lipinski definition) is 1. The fraction of sp³-hybridized carbons (Fsp3) is 0.435. The van der Waals surface area contributed by atoms with E-state index in [4.69, 9.17) is 9.47 Å². The second kappa shape index (κ2) is 8.76. The number of carbonyl (C=O) groups excluding carboxylic acids is 1. The minimum absolute atomic E-state index is 0.0240. The zero-order valence-electron chi connectivity index (χ0n) is 16.9. The number of aliphatic hydroxyl groups excluding tert-OH is 1. The van der Waals surface area contributed by atoms with Crippen molar-refractivity contribution in [1.29, 1.82) is 0 Å². The van der Waals surface area contributed by atoms with Gasteiger partial charge in [-0.15, -0.1) is 0 Å². The van der Waals surface area contributed by atoms with E-state index >= 15 is 0 Å². The average Bonchev–Trinajstić information content (AvgIpc) is 2.94. The molecule has 2 aromatic rings. The molecule has 5 heteroatoms. The maximum atomic E-state index is 13.2. The molecule has 0 bridgehead atoms. The van der Waals surface area contributed by atoms with E-state index in [-0.39, 0.29) is 18.4 Å². The maximum absolute atomic E-state index is 13.2. The van der Waals surface area contributed by atoms with Crippen LogP contribution in [0.4, 0.5) is 0 Å². The van der Waals surface area contributed by atoms with Crippen LogP contribution in [0, 0.1) is 5.92 Å². The van der Waals surface area contributed by atoms with Crippen molar-refractivity contribution in [2.24, 2.45) is 5.92 Å². The number of ether oxygens (including phenoxy) is 2. The normalized spacial score (nSPS) is 19.6. The van der Waals surface area contributed by atoms with Crippen LogP contribution in [-0.2, 0) is 17.0 Å². The largest absolute Gasteiger partial charge is 0.497 e. The molecule has 1 aliphatic heterocycles. The maximum Gasteiger partial charge on any atom is 0.257 e. The van der Waals surface area contributed by atoms with Gasteiger partial charge in [-0.05, 0) is 43.0 Å². The fourth-order valence-electron chi connectivity index (χ4n) is 3.72. The van der Waals surface area contributed by atoms with Gasteiger partial charge >= 0.3 is 0 Å². The van der Waals surface area contributed by atoms with E-state index in [1.54, 1.807) is 12.0 Å². The lowest BCUT2D eigenvalue weighted by molar-refractivity contribution is -0.139. The van der Waals surface area contributed by atoms with Crippen molar-refractivity contribution in [3.63, 3.8) is 0 Å². The first kappa shape index (κ1) is 20.4. The second-order valence-corrected chi connectivity index (χ2v) is 7.37. The van der Waals surface area contributed by atoms with Crippen molar-refractivity contribution in [3.8, 4) is 5.75 Å². The molecule has 150 valence electrons. The number of nitrogens with zero attached hydrogens (tertiary/aromatic N) is 1. The molecular formula is C23H29NO4. The van der Waals surface area contributed by atoms with Gasteiger partial charge in [-0.1, -0.05) is 43.7 Å². The third-order valence-corrected chi connectivity index (χ3v) is 5.63. The molecule has 2 atom stereocenters. The molecule has 0 radical (unpaired) electrons. The summed E-state index contributed by atoms with van der Waals surface area (Å²) >= 11 is 0. The van der Waals surface area contributed by atoms with Crippen LogP contribution in [0.2, 0.25) is 0 Å². The third kappa shape index (κ3) is 3.91. The number of carbonyl (C=O) groups is 1. The number of hydrogen-bond acceptors (Lipinski definition) is 4. The number of methoxy groups -OCH3 is 1. The monoisotopic (exact) mass is 383 g/mol. The van der Waals surface area contributed by atoms with Crippen molar-refractivity contribution in [2.75, 3.05) is 20.3 Å². The van der Waals surface area contributed by atoms with Crippen LogP contribution in [0.25, 0.3) is 0 Å². The molecule has 1 aliphatic rings. The molecule has 3 rings (SSSR count). The van der Waals surface area contributed by atoms with Crippen LogP contribution in [0.15, 0.2) is 48.5 Å². The standard InChI is InChI=1S/C23H29NO4/c1-4-17(13-14-25)16-28-23(2)21-8-6-5-7-20(21)22(26)24(23)15-18-9-11-19(27-3)12-10-18/h5-12,17,25H,4,13-16H2,1-3H3. The van der Waals surface area contributed by atoms with Crippen LogP contribution in [0.3, 0.4) is 0 Å². The highest BCUT2D eigenvalue weighted by atomic mass is 16.5. The summed E-state index contributed by atoms with van der Waals surface area (Å²) in [6.07, 6.45) is 1.62. The van der Waals surface area contributed by atoms with E-state index in [1.807, 2.05) is 55.5 Å². The molecule has 1 N–H and O–H groups in total. The number of amides is 1. The number of aliphatic hydroxyl groups is 1. The summed E-state index contributed by atoms with van der Waals surface area (Å²) in [5.41, 5.74) is 1.76. The zero-order valence-corrected chi connectivity index (χ0v) is 16.9. The summed E-state index contributed by atoms with van der Waals surface area (Å²) in [5.74, 6) is 1.02. The average molecular weight is 383 g/mol. The van der Waals surface area contributed by atoms with Crippen molar-refractivity contribution >= 4 is 5.91 Å². The Labute approximate surface area is 166 Å². The molecule has 0 aliphatic carbocycles. The first-order chi connectivity index (χ1) is 13.5. The van der Waals surface area contributed by atoms with E-state index in [0.717, 1.165) is 23.3 Å². The molecule has 0 saturated carbocycles. The molecule has 0 spiro atoms. The van der Waals surface area contributed by atoms with Crippen LogP contribution in [0.5, 0.6) is 5.75 Å². The minimum atomic E-state index is -0.837. The van der Waals surface area contributed by atoms with E-state index < -0.39 is 5.72 Å². The van der Waals surface area contributed by atoms with Crippen LogP contribution >= 0.6 is 0 Å². The van der Waals surface area contributed by atoms with Gasteiger partial charge < -0.3 is 19.5 Å². The molecular weight excluding hydrogens is 354 g/mol.